The maximum atomic E-state index is 5.24. The minimum Gasteiger partial charge on any atom is -0.361 e. The molecule has 2 heterocycles. The van der Waals surface area contributed by atoms with Crippen LogP contribution in [0.2, 0.25) is 0 Å². The minimum absolute atomic E-state index is 0.581. The highest BCUT2D eigenvalue weighted by molar-refractivity contribution is 5.80. The summed E-state index contributed by atoms with van der Waals surface area (Å²) >= 11 is 0. The highest BCUT2D eigenvalue weighted by Crippen LogP contribution is 2.45. The molecule has 1 saturated heterocycles. The number of guanidine groups is 1. The van der Waals surface area contributed by atoms with Gasteiger partial charge in [0.15, 0.2) is 5.96 Å². The molecule has 23 heavy (non-hydrogen) atoms. The van der Waals surface area contributed by atoms with Gasteiger partial charge in [-0.2, -0.15) is 0 Å². The van der Waals surface area contributed by atoms with Crippen LogP contribution in [0.3, 0.4) is 0 Å². The van der Waals surface area contributed by atoms with E-state index in [1.54, 1.807) is 0 Å². The largest absolute Gasteiger partial charge is 0.361 e. The molecule has 0 unspecified atom stereocenters. The molecule has 0 aromatic carbocycles. The third kappa shape index (κ3) is 3.54. The van der Waals surface area contributed by atoms with Gasteiger partial charge < -0.3 is 14.7 Å². The molecule has 1 saturated carbocycles. The van der Waals surface area contributed by atoms with Gasteiger partial charge in [-0.1, -0.05) is 18.0 Å². The molecule has 0 amide bonds. The van der Waals surface area contributed by atoms with Crippen molar-refractivity contribution in [2.24, 2.45) is 10.4 Å². The van der Waals surface area contributed by atoms with Crippen molar-refractivity contribution >= 4 is 5.96 Å². The Morgan fingerprint density at radius 2 is 2.09 bits per heavy atom. The Labute approximate surface area is 139 Å². The Kier molecular flexibility index (Phi) is 4.93. The molecule has 1 aliphatic heterocycles. The lowest BCUT2D eigenvalue weighted by molar-refractivity contribution is 0.309. The number of hydrogen-bond donors (Lipinski definition) is 1. The van der Waals surface area contributed by atoms with Crippen molar-refractivity contribution in [1.82, 2.24) is 15.4 Å². The lowest BCUT2D eigenvalue weighted by Crippen LogP contribution is -2.41. The first kappa shape index (κ1) is 16.3. The van der Waals surface area contributed by atoms with E-state index in [0.29, 0.717) is 5.41 Å². The fraction of sp³-hybridized carbons (Fsp3) is 0.778. The molecule has 0 bridgehead atoms. The van der Waals surface area contributed by atoms with Crippen molar-refractivity contribution in [3.63, 3.8) is 0 Å². The molecule has 0 atom stereocenters. The molecule has 2 aliphatic rings. The summed E-state index contributed by atoms with van der Waals surface area (Å²) in [6.45, 7) is 10.2. The standard InChI is InChI=1S/C18H30N4O/c1-4-19-17(20-11-7-16-14(2)21-23-15(16)3)22-12-10-18(13-22)8-5-6-9-18/h4-13H2,1-3H3,(H,19,20). The van der Waals surface area contributed by atoms with Gasteiger partial charge in [-0.3, -0.25) is 4.99 Å². The van der Waals surface area contributed by atoms with E-state index in [4.69, 9.17) is 9.52 Å². The highest BCUT2D eigenvalue weighted by Gasteiger charge is 2.41. The summed E-state index contributed by atoms with van der Waals surface area (Å²) in [7, 11) is 0. The first-order chi connectivity index (χ1) is 11.1. The lowest BCUT2D eigenvalue weighted by Gasteiger charge is -2.26. The fourth-order valence-corrected chi connectivity index (χ4v) is 4.21. The molecule has 5 heteroatoms. The van der Waals surface area contributed by atoms with Gasteiger partial charge in [0.25, 0.3) is 0 Å². The number of aliphatic imine (C=N–C) groups is 1. The van der Waals surface area contributed by atoms with Crippen LogP contribution in [0.5, 0.6) is 0 Å². The van der Waals surface area contributed by atoms with E-state index in [1.807, 2.05) is 13.8 Å². The van der Waals surface area contributed by atoms with Crippen molar-refractivity contribution in [3.8, 4) is 0 Å². The average Bonchev–Trinajstić information content (AvgIpc) is 3.24. The molecule has 5 nitrogen and oxygen atoms in total. The van der Waals surface area contributed by atoms with Crippen LogP contribution >= 0.6 is 0 Å². The number of hydrogen-bond acceptors (Lipinski definition) is 3. The van der Waals surface area contributed by atoms with Gasteiger partial charge in [-0.25, -0.2) is 0 Å². The third-order valence-electron chi connectivity index (χ3n) is 5.54. The second kappa shape index (κ2) is 6.93. The van der Waals surface area contributed by atoms with Gasteiger partial charge in [0, 0.05) is 31.7 Å². The third-order valence-corrected chi connectivity index (χ3v) is 5.54. The Hall–Kier alpha value is -1.52. The fourth-order valence-electron chi connectivity index (χ4n) is 4.21. The Balaban J connectivity index is 1.62. The molecule has 1 aromatic rings. The quantitative estimate of drug-likeness (QED) is 0.685. The van der Waals surface area contributed by atoms with E-state index >= 15 is 0 Å². The lowest BCUT2D eigenvalue weighted by atomic mass is 9.86. The maximum Gasteiger partial charge on any atom is 0.193 e. The van der Waals surface area contributed by atoms with Crippen molar-refractivity contribution in [3.05, 3.63) is 17.0 Å². The predicted octanol–water partition coefficient (Wildman–Crippen LogP) is 3.07. The van der Waals surface area contributed by atoms with Crippen LogP contribution in [0.15, 0.2) is 9.52 Å². The number of rotatable bonds is 4. The number of nitrogens with one attached hydrogen (secondary N) is 1. The van der Waals surface area contributed by atoms with Crippen molar-refractivity contribution in [2.45, 2.75) is 59.3 Å². The molecule has 2 fully saturated rings. The summed E-state index contributed by atoms with van der Waals surface area (Å²) in [5.74, 6) is 2.01. The molecule has 3 rings (SSSR count). The van der Waals surface area contributed by atoms with Crippen LogP contribution in [0.25, 0.3) is 0 Å². The predicted molar refractivity (Wildman–Crippen MR) is 92.8 cm³/mol. The molecular weight excluding hydrogens is 288 g/mol. The van der Waals surface area contributed by atoms with E-state index in [1.165, 1.54) is 44.2 Å². The zero-order valence-electron chi connectivity index (χ0n) is 14.8. The van der Waals surface area contributed by atoms with Crippen LogP contribution in [0.4, 0.5) is 0 Å². The molecule has 0 radical (unpaired) electrons. The summed E-state index contributed by atoms with van der Waals surface area (Å²) in [6, 6.07) is 0. The molecule has 1 aromatic heterocycles. The second-order valence-corrected chi connectivity index (χ2v) is 7.17. The van der Waals surface area contributed by atoms with Crippen molar-refractivity contribution in [1.29, 1.82) is 0 Å². The number of aromatic nitrogens is 1. The zero-order valence-corrected chi connectivity index (χ0v) is 14.8. The number of nitrogens with zero attached hydrogens (tertiary/aromatic N) is 3. The van der Waals surface area contributed by atoms with E-state index < -0.39 is 0 Å². The van der Waals surface area contributed by atoms with Gasteiger partial charge in [0.05, 0.1) is 5.69 Å². The Bertz CT molecular complexity index is 538. The highest BCUT2D eigenvalue weighted by atomic mass is 16.5. The summed E-state index contributed by atoms with van der Waals surface area (Å²) in [6.07, 6.45) is 7.86. The number of likely N-dealkylation sites (tertiary alicyclic amines) is 1. The normalized spacial score (nSPS) is 20.7. The first-order valence-electron chi connectivity index (χ1n) is 9.08. The summed E-state index contributed by atoms with van der Waals surface area (Å²) in [5, 5.41) is 7.50. The maximum absolute atomic E-state index is 5.24. The summed E-state index contributed by atoms with van der Waals surface area (Å²) in [4.78, 5) is 7.34. The summed E-state index contributed by atoms with van der Waals surface area (Å²) in [5.41, 5.74) is 2.78. The van der Waals surface area contributed by atoms with Crippen LogP contribution in [0, 0.1) is 19.3 Å². The molecular formula is C18H30N4O. The monoisotopic (exact) mass is 318 g/mol. The van der Waals surface area contributed by atoms with Gasteiger partial charge in [0.1, 0.15) is 5.76 Å². The van der Waals surface area contributed by atoms with Gasteiger partial charge >= 0.3 is 0 Å². The average molecular weight is 318 g/mol. The van der Waals surface area contributed by atoms with Gasteiger partial charge in [-0.05, 0) is 51.9 Å². The van der Waals surface area contributed by atoms with Crippen LogP contribution < -0.4 is 5.32 Å². The number of aryl methyl sites for hydroxylation is 2. The van der Waals surface area contributed by atoms with Crippen LogP contribution in [-0.4, -0.2) is 42.2 Å². The first-order valence-corrected chi connectivity index (χ1v) is 9.08. The van der Waals surface area contributed by atoms with E-state index in [9.17, 15) is 0 Å². The smallest absolute Gasteiger partial charge is 0.193 e. The minimum atomic E-state index is 0.581. The molecule has 128 valence electrons. The second-order valence-electron chi connectivity index (χ2n) is 7.17. The zero-order chi connectivity index (χ0) is 16.3. The van der Waals surface area contributed by atoms with Crippen LogP contribution in [0.1, 0.15) is 56.0 Å². The van der Waals surface area contributed by atoms with E-state index in [2.05, 4.69) is 22.3 Å². The topological polar surface area (TPSA) is 53.7 Å². The summed E-state index contributed by atoms with van der Waals surface area (Å²) < 4.78 is 5.24. The SMILES string of the molecule is CCNC(=NCCc1c(C)noc1C)N1CCC2(CCCC2)C1. The van der Waals surface area contributed by atoms with Gasteiger partial charge in [0.2, 0.25) is 0 Å². The molecule has 1 aliphatic carbocycles. The molecule has 1 N–H and O–H groups in total. The van der Waals surface area contributed by atoms with Crippen molar-refractivity contribution in [2.75, 3.05) is 26.2 Å². The Morgan fingerprint density at radius 3 is 2.74 bits per heavy atom. The van der Waals surface area contributed by atoms with Crippen molar-refractivity contribution < 1.29 is 4.52 Å². The van der Waals surface area contributed by atoms with E-state index in [0.717, 1.165) is 43.5 Å². The molecule has 1 spiro atoms. The Morgan fingerprint density at radius 1 is 1.30 bits per heavy atom. The van der Waals surface area contributed by atoms with E-state index in [-0.39, 0.29) is 0 Å². The van der Waals surface area contributed by atoms with Crippen LogP contribution in [-0.2, 0) is 6.42 Å². The van der Waals surface area contributed by atoms with Gasteiger partial charge in [-0.15, -0.1) is 0 Å².